The van der Waals surface area contributed by atoms with Crippen LogP contribution in [0.15, 0.2) is 58.3 Å². The SMILES string of the molecule is Cc1c[nH]n(CC=C(c2ccc(C(C)(C)C)cc2)c2ccc(Cl)c(=O)[nH]2)c1=O. The molecule has 2 N–H and O–H groups in total. The minimum atomic E-state index is -0.343. The highest BCUT2D eigenvalue weighted by Gasteiger charge is 2.14. The Bertz CT molecular complexity index is 1130. The number of rotatable bonds is 4. The van der Waals surface area contributed by atoms with Gasteiger partial charge >= 0.3 is 0 Å². The summed E-state index contributed by atoms with van der Waals surface area (Å²) in [5.74, 6) is 0. The summed E-state index contributed by atoms with van der Waals surface area (Å²) < 4.78 is 1.52. The Morgan fingerprint density at radius 3 is 2.32 bits per heavy atom. The van der Waals surface area contributed by atoms with Gasteiger partial charge in [-0.2, -0.15) is 0 Å². The molecule has 0 amide bonds. The summed E-state index contributed by atoms with van der Waals surface area (Å²) in [5, 5.41) is 3.09. The van der Waals surface area contributed by atoms with Crippen LogP contribution in [0.2, 0.25) is 5.02 Å². The predicted octanol–water partition coefficient (Wildman–Crippen LogP) is 4.26. The van der Waals surface area contributed by atoms with Crippen molar-refractivity contribution < 1.29 is 0 Å². The molecule has 28 heavy (non-hydrogen) atoms. The second kappa shape index (κ2) is 7.68. The first-order valence-electron chi connectivity index (χ1n) is 9.12. The van der Waals surface area contributed by atoms with E-state index in [1.807, 2.05) is 18.2 Å². The fourth-order valence-electron chi connectivity index (χ4n) is 2.97. The third-order valence-corrected chi connectivity index (χ3v) is 5.01. The molecule has 0 fully saturated rings. The fraction of sp³-hybridized carbons (Fsp3) is 0.273. The lowest BCUT2D eigenvalue weighted by atomic mass is 9.86. The third-order valence-electron chi connectivity index (χ3n) is 4.71. The van der Waals surface area contributed by atoms with Gasteiger partial charge in [-0.15, -0.1) is 0 Å². The van der Waals surface area contributed by atoms with Crippen LogP contribution in [0.4, 0.5) is 0 Å². The summed E-state index contributed by atoms with van der Waals surface area (Å²) in [4.78, 5) is 27.0. The Labute approximate surface area is 168 Å². The van der Waals surface area contributed by atoms with Gasteiger partial charge in [-0.05, 0) is 35.6 Å². The highest BCUT2D eigenvalue weighted by atomic mass is 35.5. The Balaban J connectivity index is 2.07. The van der Waals surface area contributed by atoms with Crippen LogP contribution in [-0.4, -0.2) is 14.8 Å². The van der Waals surface area contributed by atoms with Crippen molar-refractivity contribution in [2.45, 2.75) is 39.7 Å². The van der Waals surface area contributed by atoms with Crippen LogP contribution in [0, 0.1) is 6.92 Å². The van der Waals surface area contributed by atoms with E-state index in [9.17, 15) is 9.59 Å². The summed E-state index contributed by atoms with van der Waals surface area (Å²) in [7, 11) is 0. The first-order chi connectivity index (χ1) is 13.2. The van der Waals surface area contributed by atoms with Crippen molar-refractivity contribution in [1.29, 1.82) is 0 Å². The van der Waals surface area contributed by atoms with E-state index in [-0.39, 0.29) is 21.6 Å². The lowest BCUT2D eigenvalue weighted by Crippen LogP contribution is -2.17. The minimum absolute atomic E-state index is 0.0477. The number of aromatic nitrogens is 3. The Morgan fingerprint density at radius 1 is 1.11 bits per heavy atom. The maximum atomic E-state index is 12.1. The molecular formula is C22H24ClN3O2. The quantitative estimate of drug-likeness (QED) is 0.690. The van der Waals surface area contributed by atoms with Gasteiger partial charge in [0.2, 0.25) is 0 Å². The maximum Gasteiger partial charge on any atom is 0.269 e. The van der Waals surface area contributed by atoms with Gasteiger partial charge in [-0.3, -0.25) is 9.59 Å². The summed E-state index contributed by atoms with van der Waals surface area (Å²) in [6.45, 7) is 8.61. The van der Waals surface area contributed by atoms with E-state index < -0.39 is 0 Å². The number of nitrogens with one attached hydrogen (secondary N) is 2. The Hall–Kier alpha value is -2.79. The molecule has 0 bridgehead atoms. The highest BCUT2D eigenvalue weighted by Crippen LogP contribution is 2.27. The number of allylic oxidation sites excluding steroid dienone is 1. The number of pyridine rings is 1. The second-order valence-corrected chi connectivity index (χ2v) is 8.27. The van der Waals surface area contributed by atoms with Gasteiger partial charge in [0.25, 0.3) is 11.1 Å². The number of aromatic amines is 2. The molecule has 3 aromatic rings. The van der Waals surface area contributed by atoms with Crippen molar-refractivity contribution in [3.05, 3.63) is 96.8 Å². The molecule has 5 nitrogen and oxygen atoms in total. The summed E-state index contributed by atoms with van der Waals surface area (Å²) in [6, 6.07) is 11.6. The zero-order valence-corrected chi connectivity index (χ0v) is 17.2. The number of H-pyrrole nitrogens is 2. The molecule has 0 aliphatic heterocycles. The number of nitrogens with zero attached hydrogens (tertiary/aromatic N) is 1. The van der Waals surface area contributed by atoms with Crippen molar-refractivity contribution in [3.63, 3.8) is 0 Å². The third kappa shape index (κ3) is 4.20. The average Bonchev–Trinajstić information content (AvgIpc) is 2.96. The standard InChI is InChI=1S/C22H24ClN3O2/c1-14-13-24-26(21(14)28)12-11-17(19-10-9-18(23)20(27)25-19)15-5-7-16(8-6-15)22(2,3)4/h5-11,13,24H,12H2,1-4H3,(H,25,27). The molecule has 1 aromatic carbocycles. The summed E-state index contributed by atoms with van der Waals surface area (Å²) in [5.41, 5.74) is 3.93. The average molecular weight is 398 g/mol. The number of aryl methyl sites for hydroxylation is 1. The molecule has 2 heterocycles. The van der Waals surface area contributed by atoms with Gasteiger partial charge in [0.05, 0.1) is 6.54 Å². The van der Waals surface area contributed by atoms with E-state index in [1.54, 1.807) is 25.3 Å². The zero-order valence-electron chi connectivity index (χ0n) is 16.5. The van der Waals surface area contributed by atoms with E-state index in [1.165, 1.54) is 10.2 Å². The molecule has 3 rings (SSSR count). The molecule has 146 valence electrons. The molecule has 0 aliphatic rings. The lowest BCUT2D eigenvalue weighted by Gasteiger charge is -2.19. The van der Waals surface area contributed by atoms with Gasteiger partial charge < -0.3 is 10.1 Å². The number of hydrogen-bond donors (Lipinski definition) is 2. The maximum absolute atomic E-state index is 12.1. The van der Waals surface area contributed by atoms with Crippen LogP contribution in [0.3, 0.4) is 0 Å². The van der Waals surface area contributed by atoms with E-state index in [4.69, 9.17) is 11.6 Å². The van der Waals surface area contributed by atoms with Crippen LogP contribution >= 0.6 is 11.6 Å². The fourth-order valence-corrected chi connectivity index (χ4v) is 3.08. The normalized spacial score (nSPS) is 12.4. The monoisotopic (exact) mass is 397 g/mol. The van der Waals surface area contributed by atoms with Crippen molar-refractivity contribution in [2.75, 3.05) is 0 Å². The molecule has 0 radical (unpaired) electrons. The number of hydrogen-bond acceptors (Lipinski definition) is 2. The molecule has 0 aliphatic carbocycles. The van der Waals surface area contributed by atoms with Gasteiger partial charge in [0.1, 0.15) is 5.02 Å². The first kappa shape index (κ1) is 20.0. The summed E-state index contributed by atoms with van der Waals surface area (Å²) >= 11 is 5.89. The predicted molar refractivity (Wildman–Crippen MR) is 114 cm³/mol. The van der Waals surface area contributed by atoms with E-state index >= 15 is 0 Å². The zero-order chi connectivity index (χ0) is 20.5. The van der Waals surface area contributed by atoms with Crippen molar-refractivity contribution in [1.82, 2.24) is 14.8 Å². The van der Waals surface area contributed by atoms with Crippen LogP contribution < -0.4 is 11.1 Å². The molecular weight excluding hydrogens is 374 g/mol. The van der Waals surface area contributed by atoms with Crippen molar-refractivity contribution in [3.8, 4) is 0 Å². The number of halogens is 1. The smallest absolute Gasteiger partial charge is 0.269 e. The highest BCUT2D eigenvalue weighted by molar-refractivity contribution is 6.30. The van der Waals surface area contributed by atoms with Crippen LogP contribution in [-0.2, 0) is 12.0 Å². The van der Waals surface area contributed by atoms with Crippen LogP contribution in [0.5, 0.6) is 0 Å². The molecule has 0 atom stereocenters. The van der Waals surface area contributed by atoms with Gasteiger partial charge in [0, 0.05) is 23.0 Å². The minimum Gasteiger partial charge on any atom is -0.321 e. The van der Waals surface area contributed by atoms with E-state index in [0.717, 1.165) is 11.1 Å². The molecule has 0 saturated heterocycles. The molecule has 6 heteroatoms. The molecule has 2 aromatic heterocycles. The topological polar surface area (TPSA) is 70.7 Å². The summed E-state index contributed by atoms with van der Waals surface area (Å²) in [6.07, 6.45) is 3.60. The van der Waals surface area contributed by atoms with Crippen molar-refractivity contribution in [2.24, 2.45) is 0 Å². The molecule has 0 saturated carbocycles. The van der Waals surface area contributed by atoms with Gasteiger partial charge in [-0.25, -0.2) is 4.68 Å². The molecule has 0 spiro atoms. The van der Waals surface area contributed by atoms with Crippen LogP contribution in [0.25, 0.3) is 5.57 Å². The first-order valence-corrected chi connectivity index (χ1v) is 9.49. The van der Waals surface area contributed by atoms with Crippen molar-refractivity contribution >= 4 is 17.2 Å². The van der Waals surface area contributed by atoms with Gasteiger partial charge in [0.15, 0.2) is 0 Å². The van der Waals surface area contributed by atoms with E-state index in [0.29, 0.717) is 17.8 Å². The van der Waals surface area contributed by atoms with Gasteiger partial charge in [-0.1, -0.05) is 62.7 Å². The largest absolute Gasteiger partial charge is 0.321 e. The van der Waals surface area contributed by atoms with Crippen LogP contribution in [0.1, 0.15) is 43.2 Å². The Morgan fingerprint density at radius 2 is 1.79 bits per heavy atom. The Kier molecular flexibility index (Phi) is 5.47. The second-order valence-electron chi connectivity index (χ2n) is 7.87. The number of benzene rings is 1. The lowest BCUT2D eigenvalue weighted by molar-refractivity contribution is 0.590. The van der Waals surface area contributed by atoms with E-state index in [2.05, 4.69) is 43.0 Å². The molecule has 0 unspecified atom stereocenters.